The minimum absolute atomic E-state index is 0.0370. The number of amides is 1. The first-order valence-corrected chi connectivity index (χ1v) is 8.24. The van der Waals surface area contributed by atoms with Gasteiger partial charge in [-0.15, -0.1) is 0 Å². The molecule has 122 valence electrons. The SMILES string of the molecule is CC(=O)CCC(C)C(C)CCCc1cccc(NC(C)=O)c1. The molecule has 0 saturated carbocycles. The highest BCUT2D eigenvalue weighted by molar-refractivity contribution is 5.88. The summed E-state index contributed by atoms with van der Waals surface area (Å²) in [5.74, 6) is 1.48. The van der Waals surface area contributed by atoms with Crippen LogP contribution in [0.15, 0.2) is 24.3 Å². The highest BCUT2D eigenvalue weighted by Crippen LogP contribution is 2.23. The van der Waals surface area contributed by atoms with Crippen molar-refractivity contribution < 1.29 is 9.59 Å². The highest BCUT2D eigenvalue weighted by atomic mass is 16.1. The summed E-state index contributed by atoms with van der Waals surface area (Å²) in [5, 5.41) is 2.82. The summed E-state index contributed by atoms with van der Waals surface area (Å²) in [6, 6.07) is 8.05. The van der Waals surface area contributed by atoms with E-state index >= 15 is 0 Å². The molecule has 3 heteroatoms. The first-order chi connectivity index (χ1) is 10.4. The Bertz CT molecular complexity index is 496. The topological polar surface area (TPSA) is 46.2 Å². The average molecular weight is 303 g/mol. The average Bonchev–Trinajstić information content (AvgIpc) is 2.44. The number of carbonyl (C=O) groups is 2. The number of benzene rings is 1. The fourth-order valence-electron chi connectivity index (χ4n) is 2.64. The molecule has 3 nitrogen and oxygen atoms in total. The zero-order valence-electron chi connectivity index (χ0n) is 14.3. The molecule has 0 aromatic heterocycles. The third-order valence-electron chi connectivity index (χ3n) is 4.30. The number of hydrogen-bond acceptors (Lipinski definition) is 2. The van der Waals surface area contributed by atoms with Crippen LogP contribution in [-0.4, -0.2) is 11.7 Å². The molecule has 1 aromatic carbocycles. The number of ketones is 1. The summed E-state index contributed by atoms with van der Waals surface area (Å²) >= 11 is 0. The number of carbonyl (C=O) groups excluding carboxylic acids is 2. The first kappa shape index (κ1) is 18.4. The third-order valence-corrected chi connectivity index (χ3v) is 4.30. The molecule has 0 aliphatic carbocycles. The lowest BCUT2D eigenvalue weighted by atomic mass is 9.87. The van der Waals surface area contributed by atoms with Crippen molar-refractivity contribution in [3.8, 4) is 0 Å². The van der Waals surface area contributed by atoms with E-state index in [4.69, 9.17) is 0 Å². The van der Waals surface area contributed by atoms with Crippen LogP contribution in [0, 0.1) is 11.8 Å². The lowest BCUT2D eigenvalue weighted by Crippen LogP contribution is -2.10. The molecule has 0 aliphatic rings. The molecular formula is C19H29NO2. The van der Waals surface area contributed by atoms with Crippen LogP contribution in [0.25, 0.3) is 0 Å². The van der Waals surface area contributed by atoms with Crippen LogP contribution in [0.2, 0.25) is 0 Å². The fraction of sp³-hybridized carbons (Fsp3) is 0.579. The Morgan fingerprint density at radius 2 is 1.77 bits per heavy atom. The fourth-order valence-corrected chi connectivity index (χ4v) is 2.64. The van der Waals surface area contributed by atoms with Crippen molar-refractivity contribution in [3.05, 3.63) is 29.8 Å². The summed E-state index contributed by atoms with van der Waals surface area (Å²) in [6.07, 6.45) is 5.02. The van der Waals surface area contributed by atoms with Crippen LogP contribution >= 0.6 is 0 Å². The summed E-state index contributed by atoms with van der Waals surface area (Å²) in [5.41, 5.74) is 2.13. The van der Waals surface area contributed by atoms with E-state index in [0.717, 1.165) is 24.9 Å². The molecule has 22 heavy (non-hydrogen) atoms. The van der Waals surface area contributed by atoms with E-state index in [1.807, 2.05) is 18.2 Å². The predicted octanol–water partition coefficient (Wildman–Crippen LogP) is 4.61. The van der Waals surface area contributed by atoms with Gasteiger partial charge in [0.1, 0.15) is 5.78 Å². The van der Waals surface area contributed by atoms with E-state index in [9.17, 15) is 9.59 Å². The molecule has 1 N–H and O–H groups in total. The van der Waals surface area contributed by atoms with Crippen LogP contribution in [0.4, 0.5) is 5.69 Å². The Morgan fingerprint density at radius 3 is 2.41 bits per heavy atom. The highest BCUT2D eigenvalue weighted by Gasteiger charge is 2.12. The summed E-state index contributed by atoms with van der Waals surface area (Å²) in [6.45, 7) is 7.71. The number of anilines is 1. The second-order valence-corrected chi connectivity index (χ2v) is 6.47. The Kier molecular flexibility index (Phi) is 7.86. The van der Waals surface area contributed by atoms with Gasteiger partial charge in [0.25, 0.3) is 0 Å². The van der Waals surface area contributed by atoms with Gasteiger partial charge in [-0.05, 0) is 55.7 Å². The van der Waals surface area contributed by atoms with Crippen molar-refractivity contribution in [2.75, 3.05) is 5.32 Å². The Morgan fingerprint density at radius 1 is 1.09 bits per heavy atom. The summed E-state index contributed by atoms with van der Waals surface area (Å²) in [4.78, 5) is 22.1. The van der Waals surface area contributed by atoms with Gasteiger partial charge in [-0.2, -0.15) is 0 Å². The van der Waals surface area contributed by atoms with E-state index in [-0.39, 0.29) is 11.7 Å². The second-order valence-electron chi connectivity index (χ2n) is 6.47. The lowest BCUT2D eigenvalue weighted by Gasteiger charge is -2.19. The molecule has 0 spiro atoms. The normalized spacial score (nSPS) is 13.5. The van der Waals surface area contributed by atoms with E-state index < -0.39 is 0 Å². The van der Waals surface area contributed by atoms with Gasteiger partial charge in [-0.1, -0.05) is 32.4 Å². The van der Waals surface area contributed by atoms with Crippen LogP contribution < -0.4 is 5.32 Å². The lowest BCUT2D eigenvalue weighted by molar-refractivity contribution is -0.117. The van der Waals surface area contributed by atoms with Crippen LogP contribution in [0.5, 0.6) is 0 Å². The molecule has 0 heterocycles. The number of hydrogen-bond donors (Lipinski definition) is 1. The maximum atomic E-state index is 11.1. The molecule has 0 saturated heterocycles. The smallest absolute Gasteiger partial charge is 0.221 e. The van der Waals surface area contributed by atoms with E-state index in [2.05, 4.69) is 25.2 Å². The molecule has 1 aromatic rings. The minimum atomic E-state index is -0.0370. The number of rotatable bonds is 9. The minimum Gasteiger partial charge on any atom is -0.326 e. The van der Waals surface area contributed by atoms with Gasteiger partial charge in [0.05, 0.1) is 0 Å². The summed E-state index contributed by atoms with van der Waals surface area (Å²) < 4.78 is 0. The van der Waals surface area contributed by atoms with Gasteiger partial charge in [0, 0.05) is 19.0 Å². The van der Waals surface area contributed by atoms with Crippen molar-refractivity contribution in [3.63, 3.8) is 0 Å². The van der Waals surface area contributed by atoms with Crippen molar-refractivity contribution in [1.29, 1.82) is 0 Å². The third kappa shape index (κ3) is 7.39. The quantitative estimate of drug-likeness (QED) is 0.724. The van der Waals surface area contributed by atoms with Crippen LogP contribution in [0.3, 0.4) is 0 Å². The molecule has 2 atom stereocenters. The zero-order valence-corrected chi connectivity index (χ0v) is 14.3. The van der Waals surface area contributed by atoms with Gasteiger partial charge in [0.2, 0.25) is 5.91 Å². The Labute approximate surface area is 134 Å². The molecule has 0 fully saturated rings. The van der Waals surface area contributed by atoms with Gasteiger partial charge >= 0.3 is 0 Å². The molecule has 2 unspecified atom stereocenters. The molecular weight excluding hydrogens is 274 g/mol. The van der Waals surface area contributed by atoms with Crippen molar-refractivity contribution >= 4 is 17.4 Å². The van der Waals surface area contributed by atoms with E-state index in [1.165, 1.54) is 18.9 Å². The molecule has 0 radical (unpaired) electrons. The second kappa shape index (κ2) is 9.39. The van der Waals surface area contributed by atoms with Gasteiger partial charge in [-0.25, -0.2) is 0 Å². The van der Waals surface area contributed by atoms with Crippen molar-refractivity contribution in [2.45, 2.75) is 59.8 Å². The van der Waals surface area contributed by atoms with Crippen molar-refractivity contribution in [2.24, 2.45) is 11.8 Å². The van der Waals surface area contributed by atoms with Crippen molar-refractivity contribution in [1.82, 2.24) is 0 Å². The van der Waals surface area contributed by atoms with Gasteiger partial charge in [0.15, 0.2) is 0 Å². The largest absolute Gasteiger partial charge is 0.326 e. The molecule has 0 bridgehead atoms. The molecule has 1 rings (SSSR count). The van der Waals surface area contributed by atoms with Gasteiger partial charge < -0.3 is 10.1 Å². The maximum absolute atomic E-state index is 11.1. The summed E-state index contributed by atoms with van der Waals surface area (Å²) in [7, 11) is 0. The Balaban J connectivity index is 2.37. The van der Waals surface area contributed by atoms with E-state index in [0.29, 0.717) is 18.3 Å². The number of aryl methyl sites for hydroxylation is 1. The van der Waals surface area contributed by atoms with Crippen LogP contribution in [0.1, 0.15) is 58.9 Å². The maximum Gasteiger partial charge on any atom is 0.221 e. The predicted molar refractivity (Wildman–Crippen MR) is 91.9 cm³/mol. The van der Waals surface area contributed by atoms with Gasteiger partial charge in [-0.3, -0.25) is 4.79 Å². The number of Topliss-reactive ketones (excluding diaryl/α,β-unsaturated/α-hetero) is 1. The standard InChI is InChI=1S/C19H29NO2/c1-14(15(2)11-12-16(3)21)7-5-8-18-9-6-10-19(13-18)20-17(4)22/h6,9-10,13-15H,5,7-8,11-12H2,1-4H3,(H,20,22). The first-order valence-electron chi connectivity index (χ1n) is 8.24. The number of nitrogens with one attached hydrogen (secondary N) is 1. The Hall–Kier alpha value is -1.64. The monoisotopic (exact) mass is 303 g/mol. The molecule has 1 amide bonds. The van der Waals surface area contributed by atoms with E-state index in [1.54, 1.807) is 6.92 Å². The zero-order chi connectivity index (χ0) is 16.5. The van der Waals surface area contributed by atoms with Crippen LogP contribution in [-0.2, 0) is 16.0 Å². The molecule has 0 aliphatic heterocycles.